The van der Waals surface area contributed by atoms with Crippen LogP contribution in [0.25, 0.3) is 0 Å². The largest absolute Gasteiger partial charge is 0.463 e. The Morgan fingerprint density at radius 2 is 2.00 bits per heavy atom. The minimum Gasteiger partial charge on any atom is -0.463 e. The molecule has 86 valence electrons. The molecular weight excluding hydrogens is 197 g/mol. The monoisotopic (exact) mass is 215 g/mol. The van der Waals surface area contributed by atoms with Crippen molar-refractivity contribution in [2.24, 2.45) is 5.41 Å². The van der Waals surface area contributed by atoms with Gasteiger partial charge in [0.2, 0.25) is 7.85 Å². The van der Waals surface area contributed by atoms with Crippen LogP contribution in [0.3, 0.4) is 0 Å². The van der Waals surface area contributed by atoms with Gasteiger partial charge in [0, 0.05) is 0 Å². The van der Waals surface area contributed by atoms with Crippen molar-refractivity contribution in [1.82, 2.24) is 5.32 Å². The molecule has 0 heterocycles. The van der Waals surface area contributed by atoms with E-state index in [1.165, 1.54) is 7.85 Å². The first-order chi connectivity index (χ1) is 6.77. The molecule has 0 aliphatic carbocycles. The van der Waals surface area contributed by atoms with E-state index in [1.807, 2.05) is 0 Å². The highest BCUT2D eigenvalue weighted by molar-refractivity contribution is 6.57. The fourth-order valence-corrected chi connectivity index (χ4v) is 0.820. The Kier molecular flexibility index (Phi) is 5.35. The minimum absolute atomic E-state index is 0.00775. The molecule has 1 amide bonds. The van der Waals surface area contributed by atoms with Crippen LogP contribution < -0.4 is 5.32 Å². The number of nitrogens with one attached hydrogen (secondary N) is 1. The molecule has 5 nitrogen and oxygen atoms in total. The second kappa shape index (κ2) is 5.75. The number of hydrogen-bond acceptors (Lipinski definition) is 4. The van der Waals surface area contributed by atoms with Crippen molar-refractivity contribution >= 4 is 19.6 Å². The minimum atomic E-state index is -0.573. The lowest BCUT2D eigenvalue weighted by atomic mass is 9.97. The average Bonchev–Trinajstić information content (AvgIpc) is 2.09. The summed E-state index contributed by atoms with van der Waals surface area (Å²) in [5, 5.41) is 11.4. The van der Waals surface area contributed by atoms with Crippen LogP contribution in [0.15, 0.2) is 0 Å². The third kappa shape index (κ3) is 6.12. The molecule has 0 aromatic carbocycles. The van der Waals surface area contributed by atoms with E-state index >= 15 is 0 Å². The normalized spacial score (nSPS) is 13.1. The van der Waals surface area contributed by atoms with E-state index in [-0.39, 0.29) is 25.0 Å². The Hall–Kier alpha value is -1.04. The van der Waals surface area contributed by atoms with E-state index in [0.717, 1.165) is 0 Å². The Morgan fingerprint density at radius 1 is 1.47 bits per heavy atom. The Labute approximate surface area is 90.6 Å². The van der Waals surface area contributed by atoms with Crippen LogP contribution >= 0.6 is 0 Å². The highest BCUT2D eigenvalue weighted by Gasteiger charge is 2.24. The van der Waals surface area contributed by atoms with Crippen LogP contribution in [-0.2, 0) is 9.53 Å². The molecule has 2 N–H and O–H groups in total. The summed E-state index contributed by atoms with van der Waals surface area (Å²) < 4.78 is 4.95. The predicted octanol–water partition coefficient (Wildman–Crippen LogP) is -0.721. The number of aliphatic hydroxyl groups excluding tert-OH is 1. The number of aliphatic hydroxyl groups is 1. The SMILES string of the molecule is BC(=O)NC(CO)COC(=O)C(C)(C)C. The molecule has 0 saturated heterocycles. The molecule has 1 atom stereocenters. The molecule has 0 rings (SSSR count). The van der Waals surface area contributed by atoms with Crippen molar-refractivity contribution in [3.63, 3.8) is 0 Å². The maximum atomic E-state index is 11.4. The molecule has 0 aliphatic rings. The van der Waals surface area contributed by atoms with Gasteiger partial charge in [-0.3, -0.25) is 9.59 Å². The maximum absolute atomic E-state index is 11.4. The molecule has 1 unspecified atom stereocenters. The molecule has 0 fully saturated rings. The number of esters is 1. The molecule has 0 aromatic heterocycles. The van der Waals surface area contributed by atoms with E-state index < -0.39 is 11.5 Å². The van der Waals surface area contributed by atoms with Crippen molar-refractivity contribution < 1.29 is 19.4 Å². The number of hydrogen-bond donors (Lipinski definition) is 2. The zero-order valence-corrected chi connectivity index (χ0v) is 9.66. The van der Waals surface area contributed by atoms with Gasteiger partial charge in [-0.15, -0.1) is 0 Å². The second-order valence-electron chi connectivity index (χ2n) is 4.43. The van der Waals surface area contributed by atoms with Gasteiger partial charge in [0.25, 0.3) is 0 Å². The predicted molar refractivity (Wildman–Crippen MR) is 58.4 cm³/mol. The fourth-order valence-electron chi connectivity index (χ4n) is 0.820. The first-order valence-corrected chi connectivity index (χ1v) is 4.82. The van der Waals surface area contributed by atoms with Crippen molar-refractivity contribution in [3.05, 3.63) is 0 Å². The summed E-state index contributed by atoms with van der Waals surface area (Å²) in [4.78, 5) is 22.0. The maximum Gasteiger partial charge on any atom is 0.311 e. The molecule has 6 heteroatoms. The average molecular weight is 215 g/mol. The van der Waals surface area contributed by atoms with Gasteiger partial charge in [-0.05, 0) is 20.8 Å². The first-order valence-electron chi connectivity index (χ1n) is 4.82. The second-order valence-corrected chi connectivity index (χ2v) is 4.43. The summed E-state index contributed by atoms with van der Waals surface area (Å²) in [6.07, 6.45) is 0. The van der Waals surface area contributed by atoms with Gasteiger partial charge in [-0.25, -0.2) is 0 Å². The third-order valence-electron chi connectivity index (χ3n) is 1.66. The molecular formula is C9H18BNO4. The summed E-state index contributed by atoms with van der Waals surface area (Å²) in [6.45, 7) is 4.95. The Bertz CT molecular complexity index is 237. The van der Waals surface area contributed by atoms with Gasteiger partial charge < -0.3 is 15.2 Å². The van der Waals surface area contributed by atoms with E-state index in [1.54, 1.807) is 20.8 Å². The van der Waals surface area contributed by atoms with Crippen molar-refractivity contribution in [2.45, 2.75) is 26.8 Å². The van der Waals surface area contributed by atoms with Gasteiger partial charge >= 0.3 is 5.97 Å². The van der Waals surface area contributed by atoms with Crippen LogP contribution in [0, 0.1) is 5.41 Å². The number of carbonyl (C=O) groups excluding carboxylic acids is 2. The molecule has 0 radical (unpaired) electrons. The number of rotatable bonds is 4. The molecule has 0 bridgehead atoms. The van der Waals surface area contributed by atoms with Crippen molar-refractivity contribution in [1.29, 1.82) is 0 Å². The summed E-state index contributed by atoms with van der Waals surface area (Å²) >= 11 is 0. The summed E-state index contributed by atoms with van der Waals surface area (Å²) in [6, 6.07) is -0.534. The van der Waals surface area contributed by atoms with Gasteiger partial charge in [0.05, 0.1) is 18.1 Å². The van der Waals surface area contributed by atoms with Crippen LogP contribution in [0.4, 0.5) is 4.79 Å². The first kappa shape index (κ1) is 14.0. The van der Waals surface area contributed by atoms with Crippen LogP contribution in [0.2, 0.25) is 0 Å². The number of carbonyl (C=O) groups is 2. The van der Waals surface area contributed by atoms with E-state index in [9.17, 15) is 9.59 Å². The van der Waals surface area contributed by atoms with Crippen LogP contribution in [0.1, 0.15) is 20.8 Å². The summed E-state index contributed by atoms with van der Waals surface area (Å²) in [5.74, 6) is -0.618. The van der Waals surface area contributed by atoms with E-state index in [0.29, 0.717) is 0 Å². The summed E-state index contributed by atoms with van der Waals surface area (Å²) in [5.41, 5.74) is -0.573. The smallest absolute Gasteiger partial charge is 0.311 e. The van der Waals surface area contributed by atoms with E-state index in [4.69, 9.17) is 9.84 Å². The molecule has 15 heavy (non-hydrogen) atoms. The highest BCUT2D eigenvalue weighted by Crippen LogP contribution is 2.14. The van der Waals surface area contributed by atoms with Crippen molar-refractivity contribution in [2.75, 3.05) is 13.2 Å². The molecule has 0 aromatic rings. The summed E-state index contributed by atoms with van der Waals surface area (Å²) in [7, 11) is 1.34. The number of ether oxygens (including phenoxy) is 1. The zero-order chi connectivity index (χ0) is 12.1. The lowest BCUT2D eigenvalue weighted by Gasteiger charge is -2.20. The van der Waals surface area contributed by atoms with Crippen molar-refractivity contribution in [3.8, 4) is 0 Å². The Morgan fingerprint density at radius 3 is 2.33 bits per heavy atom. The van der Waals surface area contributed by atoms with Crippen LogP contribution in [-0.4, -0.2) is 44.0 Å². The molecule has 0 saturated carbocycles. The number of amides is 1. The lowest BCUT2D eigenvalue weighted by molar-refractivity contribution is -0.153. The van der Waals surface area contributed by atoms with Crippen LogP contribution in [0.5, 0.6) is 0 Å². The topological polar surface area (TPSA) is 75.6 Å². The molecule has 0 aliphatic heterocycles. The van der Waals surface area contributed by atoms with Gasteiger partial charge in [-0.2, -0.15) is 0 Å². The molecule has 0 spiro atoms. The third-order valence-corrected chi connectivity index (χ3v) is 1.66. The zero-order valence-electron chi connectivity index (χ0n) is 9.66. The standard InChI is InChI=1S/C9H18BNO4/c1-9(2,3)7(13)15-5-6(4-12)11-8(10)14/h6,12H,4-5,10H2,1-3H3,(H,11,14). The quantitative estimate of drug-likeness (QED) is 0.479. The Balaban J connectivity index is 4.01. The lowest BCUT2D eigenvalue weighted by Crippen LogP contribution is -2.41. The fraction of sp³-hybridized carbons (Fsp3) is 0.778. The van der Waals surface area contributed by atoms with E-state index in [2.05, 4.69) is 5.32 Å². The highest BCUT2D eigenvalue weighted by atomic mass is 16.5. The van der Waals surface area contributed by atoms with Gasteiger partial charge in [0.15, 0.2) is 5.81 Å². The van der Waals surface area contributed by atoms with Gasteiger partial charge in [0.1, 0.15) is 6.61 Å². The van der Waals surface area contributed by atoms with Gasteiger partial charge in [-0.1, -0.05) is 0 Å².